The summed E-state index contributed by atoms with van der Waals surface area (Å²) < 4.78 is 0. The van der Waals surface area contributed by atoms with E-state index in [0.29, 0.717) is 0 Å². The Labute approximate surface area is 120 Å². The lowest BCUT2D eigenvalue weighted by molar-refractivity contribution is 0.337. The van der Waals surface area contributed by atoms with Gasteiger partial charge in [-0.1, -0.05) is 51.1 Å². The third kappa shape index (κ3) is 1.97. The average Bonchev–Trinajstić information content (AvgIpc) is 2.84. The SMILES string of the molecule is CCC(C)(C)C(Cl)c1ccc2c3c(cccc13)CC2. The highest BCUT2D eigenvalue weighted by molar-refractivity contribution is 6.22. The Morgan fingerprint density at radius 3 is 2.47 bits per heavy atom. The highest BCUT2D eigenvalue weighted by Crippen LogP contribution is 2.45. The van der Waals surface area contributed by atoms with Gasteiger partial charge in [-0.3, -0.25) is 0 Å². The van der Waals surface area contributed by atoms with Crippen LogP contribution in [0.25, 0.3) is 10.8 Å². The molecule has 0 nitrogen and oxygen atoms in total. The molecule has 1 aliphatic rings. The summed E-state index contributed by atoms with van der Waals surface area (Å²) in [5.74, 6) is 0. The van der Waals surface area contributed by atoms with E-state index in [9.17, 15) is 0 Å². The Balaban J connectivity index is 2.22. The predicted octanol–water partition coefficient (Wildman–Crippen LogP) is 5.65. The fraction of sp³-hybridized carbons (Fsp3) is 0.444. The van der Waals surface area contributed by atoms with Crippen molar-refractivity contribution in [3.8, 4) is 0 Å². The summed E-state index contributed by atoms with van der Waals surface area (Å²) in [4.78, 5) is 0. The van der Waals surface area contributed by atoms with Gasteiger partial charge in [0.05, 0.1) is 5.38 Å². The highest BCUT2D eigenvalue weighted by Gasteiger charge is 2.29. The second-order valence-corrected chi connectivity index (χ2v) is 6.79. The lowest BCUT2D eigenvalue weighted by Gasteiger charge is -2.30. The first-order valence-electron chi connectivity index (χ1n) is 7.22. The van der Waals surface area contributed by atoms with E-state index in [4.69, 9.17) is 11.6 Å². The van der Waals surface area contributed by atoms with Crippen molar-refractivity contribution >= 4 is 22.4 Å². The van der Waals surface area contributed by atoms with E-state index in [0.717, 1.165) is 6.42 Å². The van der Waals surface area contributed by atoms with Gasteiger partial charge >= 0.3 is 0 Å². The molecule has 0 saturated heterocycles. The molecule has 0 amide bonds. The van der Waals surface area contributed by atoms with Crippen molar-refractivity contribution in [3.63, 3.8) is 0 Å². The van der Waals surface area contributed by atoms with Crippen LogP contribution in [0.4, 0.5) is 0 Å². The second-order valence-electron chi connectivity index (χ2n) is 6.36. The molecule has 0 spiro atoms. The second kappa shape index (κ2) is 4.52. The summed E-state index contributed by atoms with van der Waals surface area (Å²) in [6, 6.07) is 11.2. The predicted molar refractivity (Wildman–Crippen MR) is 84.0 cm³/mol. The van der Waals surface area contributed by atoms with Crippen molar-refractivity contribution in [2.45, 2.75) is 45.4 Å². The summed E-state index contributed by atoms with van der Waals surface area (Å²) in [5, 5.41) is 2.91. The molecule has 0 aliphatic heterocycles. The fourth-order valence-corrected chi connectivity index (χ4v) is 3.44. The largest absolute Gasteiger partial charge is 0.117 e. The molecule has 1 atom stereocenters. The molecule has 0 aromatic heterocycles. The summed E-state index contributed by atoms with van der Waals surface area (Å²) in [6.45, 7) is 6.73. The van der Waals surface area contributed by atoms with Crippen LogP contribution >= 0.6 is 11.6 Å². The van der Waals surface area contributed by atoms with Gasteiger partial charge in [-0.25, -0.2) is 0 Å². The van der Waals surface area contributed by atoms with Crippen LogP contribution in [0.2, 0.25) is 0 Å². The Morgan fingerprint density at radius 2 is 1.79 bits per heavy atom. The number of hydrogen-bond donors (Lipinski definition) is 0. The molecule has 0 heterocycles. The lowest BCUT2D eigenvalue weighted by Crippen LogP contribution is -2.17. The normalized spacial score (nSPS) is 16.0. The van der Waals surface area contributed by atoms with Crippen LogP contribution in [0, 0.1) is 5.41 Å². The fourth-order valence-electron chi connectivity index (χ4n) is 3.09. The minimum atomic E-state index is 0.0717. The third-order valence-electron chi connectivity index (χ3n) is 4.78. The van der Waals surface area contributed by atoms with Crippen molar-refractivity contribution in [3.05, 3.63) is 47.0 Å². The van der Waals surface area contributed by atoms with Gasteiger partial charge in [0.1, 0.15) is 0 Å². The highest BCUT2D eigenvalue weighted by atomic mass is 35.5. The smallest absolute Gasteiger partial charge is 0.0642 e. The molecule has 1 aliphatic carbocycles. The standard InChI is InChI=1S/C18H21Cl/c1-4-18(2,3)17(19)15-11-10-13-9-8-12-6-5-7-14(15)16(12)13/h5-7,10-11,17H,4,8-9H2,1-3H3. The number of halogens is 1. The minimum Gasteiger partial charge on any atom is -0.117 e. The Hall–Kier alpha value is -1.01. The van der Waals surface area contributed by atoms with Crippen LogP contribution in [0.1, 0.15) is 49.3 Å². The van der Waals surface area contributed by atoms with Crippen molar-refractivity contribution in [2.75, 3.05) is 0 Å². The van der Waals surface area contributed by atoms with Gasteiger partial charge < -0.3 is 0 Å². The maximum atomic E-state index is 6.80. The van der Waals surface area contributed by atoms with Gasteiger partial charge in [0, 0.05) is 0 Å². The van der Waals surface area contributed by atoms with Crippen LogP contribution in [-0.4, -0.2) is 0 Å². The average molecular weight is 273 g/mol. The maximum absolute atomic E-state index is 6.80. The first-order chi connectivity index (χ1) is 9.04. The van der Waals surface area contributed by atoms with E-state index in [1.807, 2.05) is 0 Å². The van der Waals surface area contributed by atoms with Crippen LogP contribution < -0.4 is 0 Å². The molecule has 1 heteroatoms. The van der Waals surface area contributed by atoms with Gasteiger partial charge in [-0.15, -0.1) is 11.6 Å². The number of hydrogen-bond acceptors (Lipinski definition) is 0. The van der Waals surface area contributed by atoms with E-state index in [-0.39, 0.29) is 10.8 Å². The molecule has 0 saturated carbocycles. The summed E-state index contributed by atoms with van der Waals surface area (Å²) in [5.41, 5.74) is 4.41. The Kier molecular flexibility index (Phi) is 3.09. The number of alkyl halides is 1. The minimum absolute atomic E-state index is 0.0717. The number of rotatable bonds is 3. The van der Waals surface area contributed by atoms with Gasteiger partial charge in [-0.05, 0) is 52.1 Å². The molecule has 2 aromatic carbocycles. The summed E-state index contributed by atoms with van der Waals surface area (Å²) in [7, 11) is 0. The molecule has 0 bridgehead atoms. The maximum Gasteiger partial charge on any atom is 0.0642 e. The molecule has 100 valence electrons. The number of benzene rings is 2. The van der Waals surface area contributed by atoms with Crippen LogP contribution in [0.15, 0.2) is 30.3 Å². The van der Waals surface area contributed by atoms with E-state index >= 15 is 0 Å². The van der Waals surface area contributed by atoms with Gasteiger partial charge in [0.25, 0.3) is 0 Å². The summed E-state index contributed by atoms with van der Waals surface area (Å²) >= 11 is 6.80. The summed E-state index contributed by atoms with van der Waals surface area (Å²) in [6.07, 6.45) is 3.45. The van der Waals surface area contributed by atoms with E-state index < -0.39 is 0 Å². The van der Waals surface area contributed by atoms with Crippen molar-refractivity contribution < 1.29 is 0 Å². The zero-order valence-electron chi connectivity index (χ0n) is 12.0. The molecular formula is C18H21Cl. The Bertz CT molecular complexity index is 615. The number of aryl methyl sites for hydroxylation is 2. The quantitative estimate of drug-likeness (QED) is 0.633. The van der Waals surface area contributed by atoms with E-state index in [1.165, 1.54) is 40.3 Å². The van der Waals surface area contributed by atoms with Crippen LogP contribution in [0.3, 0.4) is 0 Å². The molecule has 0 fully saturated rings. The molecular weight excluding hydrogens is 252 g/mol. The van der Waals surface area contributed by atoms with E-state index in [2.05, 4.69) is 51.1 Å². The first kappa shape index (κ1) is 13.0. The van der Waals surface area contributed by atoms with Crippen molar-refractivity contribution in [2.24, 2.45) is 5.41 Å². The van der Waals surface area contributed by atoms with Crippen molar-refractivity contribution in [1.82, 2.24) is 0 Å². The molecule has 1 unspecified atom stereocenters. The van der Waals surface area contributed by atoms with Crippen molar-refractivity contribution in [1.29, 1.82) is 0 Å². The third-order valence-corrected chi connectivity index (χ3v) is 5.61. The molecule has 19 heavy (non-hydrogen) atoms. The monoisotopic (exact) mass is 272 g/mol. The van der Waals surface area contributed by atoms with Crippen LogP contribution in [0.5, 0.6) is 0 Å². The van der Waals surface area contributed by atoms with Crippen LogP contribution in [-0.2, 0) is 12.8 Å². The lowest BCUT2D eigenvalue weighted by atomic mass is 9.81. The molecule has 0 N–H and O–H groups in total. The molecule has 3 rings (SSSR count). The Morgan fingerprint density at radius 1 is 1.11 bits per heavy atom. The molecule has 2 aromatic rings. The zero-order chi connectivity index (χ0) is 13.6. The van der Waals surface area contributed by atoms with Gasteiger partial charge in [0.15, 0.2) is 0 Å². The van der Waals surface area contributed by atoms with Gasteiger partial charge in [0.2, 0.25) is 0 Å². The molecule has 0 radical (unpaired) electrons. The first-order valence-corrected chi connectivity index (χ1v) is 7.65. The van der Waals surface area contributed by atoms with Gasteiger partial charge in [-0.2, -0.15) is 0 Å². The zero-order valence-corrected chi connectivity index (χ0v) is 12.7. The van der Waals surface area contributed by atoms with E-state index in [1.54, 1.807) is 0 Å². The topological polar surface area (TPSA) is 0 Å².